The van der Waals surface area contributed by atoms with Crippen LogP contribution < -0.4 is 9.46 Å². The summed E-state index contributed by atoms with van der Waals surface area (Å²) < 4.78 is 33.1. The van der Waals surface area contributed by atoms with E-state index in [-0.39, 0.29) is 16.9 Å². The molecule has 0 aliphatic rings. The fourth-order valence-corrected chi connectivity index (χ4v) is 3.29. The third-order valence-corrected chi connectivity index (χ3v) is 4.91. The first kappa shape index (κ1) is 17.4. The molecule has 1 aromatic heterocycles. The molecule has 1 heterocycles. The molecule has 0 radical (unpaired) electrons. The third kappa shape index (κ3) is 4.30. The molecule has 124 valence electrons. The van der Waals surface area contributed by atoms with Gasteiger partial charge in [-0.1, -0.05) is 32.9 Å². The van der Waals surface area contributed by atoms with Crippen LogP contribution in [0.1, 0.15) is 32.0 Å². The van der Waals surface area contributed by atoms with Crippen LogP contribution in [0.4, 0.5) is 0 Å². The van der Waals surface area contributed by atoms with Crippen LogP contribution in [0.5, 0.6) is 5.75 Å². The summed E-state index contributed by atoms with van der Waals surface area (Å²) in [6.45, 7) is 6.23. The molecule has 0 amide bonds. The smallest absolute Gasteiger partial charge is 0.244 e. The maximum Gasteiger partial charge on any atom is 0.244 e. The predicted octanol–water partition coefficient (Wildman–Crippen LogP) is 2.87. The van der Waals surface area contributed by atoms with Crippen molar-refractivity contribution in [1.29, 1.82) is 0 Å². The lowest BCUT2D eigenvalue weighted by Gasteiger charge is -2.21. The Kier molecular flexibility index (Phi) is 5.06. The number of sulfonamides is 1. The van der Waals surface area contributed by atoms with E-state index in [1.807, 2.05) is 32.9 Å². The van der Waals surface area contributed by atoms with Gasteiger partial charge in [-0.3, -0.25) is 4.98 Å². The van der Waals surface area contributed by atoms with Crippen LogP contribution in [0.3, 0.4) is 0 Å². The minimum Gasteiger partial charge on any atom is -0.495 e. The molecule has 0 aliphatic heterocycles. The van der Waals surface area contributed by atoms with E-state index in [1.54, 1.807) is 30.5 Å². The Labute approximate surface area is 137 Å². The van der Waals surface area contributed by atoms with Crippen molar-refractivity contribution in [2.24, 2.45) is 0 Å². The van der Waals surface area contributed by atoms with Crippen LogP contribution >= 0.6 is 0 Å². The molecule has 0 atom stereocenters. The lowest BCUT2D eigenvalue weighted by atomic mass is 9.87. The number of hydrogen-bond acceptors (Lipinski definition) is 4. The van der Waals surface area contributed by atoms with Gasteiger partial charge in [0, 0.05) is 6.20 Å². The first-order chi connectivity index (χ1) is 10.7. The molecule has 1 N–H and O–H groups in total. The standard InChI is InChI=1S/C17H22N2O3S/c1-17(2,3)13-8-9-15(22-4)16(11-13)23(20,21)19-12-14-7-5-6-10-18-14/h5-11,19H,12H2,1-4H3. The molecule has 0 spiro atoms. The Morgan fingerprint density at radius 2 is 1.91 bits per heavy atom. The first-order valence-electron chi connectivity index (χ1n) is 7.32. The normalized spacial score (nSPS) is 12.2. The van der Waals surface area contributed by atoms with E-state index in [9.17, 15) is 8.42 Å². The number of nitrogens with one attached hydrogen (secondary N) is 1. The molecule has 2 aromatic rings. The van der Waals surface area contributed by atoms with Crippen molar-refractivity contribution in [1.82, 2.24) is 9.71 Å². The highest BCUT2D eigenvalue weighted by Crippen LogP contribution is 2.30. The van der Waals surface area contributed by atoms with E-state index in [1.165, 1.54) is 7.11 Å². The molecule has 2 rings (SSSR count). The molecular weight excluding hydrogens is 312 g/mol. The number of rotatable bonds is 5. The Hall–Kier alpha value is -1.92. The molecular formula is C17H22N2O3S. The van der Waals surface area contributed by atoms with Crippen molar-refractivity contribution >= 4 is 10.0 Å². The quantitative estimate of drug-likeness (QED) is 0.913. The van der Waals surface area contributed by atoms with Gasteiger partial charge < -0.3 is 4.74 Å². The Morgan fingerprint density at radius 1 is 1.17 bits per heavy atom. The van der Waals surface area contributed by atoms with Gasteiger partial charge in [0.25, 0.3) is 0 Å². The molecule has 5 nitrogen and oxygen atoms in total. The largest absolute Gasteiger partial charge is 0.495 e. The minimum atomic E-state index is -3.70. The van der Waals surface area contributed by atoms with Crippen LogP contribution in [0, 0.1) is 0 Å². The van der Waals surface area contributed by atoms with Crippen molar-refractivity contribution in [2.75, 3.05) is 7.11 Å². The minimum absolute atomic E-state index is 0.131. The molecule has 0 saturated carbocycles. The highest BCUT2D eigenvalue weighted by atomic mass is 32.2. The summed E-state index contributed by atoms with van der Waals surface area (Å²) in [5.41, 5.74) is 1.43. The second kappa shape index (κ2) is 6.68. The van der Waals surface area contributed by atoms with Crippen molar-refractivity contribution in [3.05, 3.63) is 53.9 Å². The van der Waals surface area contributed by atoms with Gasteiger partial charge in [-0.25, -0.2) is 13.1 Å². The van der Waals surface area contributed by atoms with Crippen LogP contribution in [-0.4, -0.2) is 20.5 Å². The van der Waals surface area contributed by atoms with Crippen molar-refractivity contribution in [3.8, 4) is 5.75 Å². The van der Waals surface area contributed by atoms with Crippen LogP contribution in [0.15, 0.2) is 47.5 Å². The van der Waals surface area contributed by atoms with Gasteiger partial charge in [0.15, 0.2) is 0 Å². The average Bonchev–Trinajstić information content (AvgIpc) is 2.52. The Balaban J connectivity index is 2.34. The van der Waals surface area contributed by atoms with E-state index in [0.29, 0.717) is 11.4 Å². The lowest BCUT2D eigenvalue weighted by Crippen LogP contribution is -2.25. The van der Waals surface area contributed by atoms with E-state index in [4.69, 9.17) is 4.74 Å². The number of methoxy groups -OCH3 is 1. The topological polar surface area (TPSA) is 68.3 Å². The number of hydrogen-bond donors (Lipinski definition) is 1. The number of benzene rings is 1. The molecule has 0 bridgehead atoms. The summed E-state index contributed by atoms with van der Waals surface area (Å²) in [6.07, 6.45) is 1.63. The number of nitrogens with zero attached hydrogens (tertiary/aromatic N) is 1. The zero-order chi connectivity index (χ0) is 17.1. The number of ether oxygens (including phenoxy) is 1. The molecule has 1 aromatic carbocycles. The summed E-state index contributed by atoms with van der Waals surface area (Å²) >= 11 is 0. The highest BCUT2D eigenvalue weighted by Gasteiger charge is 2.23. The van der Waals surface area contributed by atoms with Crippen LogP contribution in [0.25, 0.3) is 0 Å². The molecule has 0 fully saturated rings. The average molecular weight is 334 g/mol. The molecule has 23 heavy (non-hydrogen) atoms. The van der Waals surface area contributed by atoms with Gasteiger partial charge in [0.05, 0.1) is 19.3 Å². The van der Waals surface area contributed by atoms with Crippen molar-refractivity contribution < 1.29 is 13.2 Å². The first-order valence-corrected chi connectivity index (χ1v) is 8.80. The number of aromatic nitrogens is 1. The van der Waals surface area contributed by atoms with Crippen LogP contribution in [-0.2, 0) is 22.0 Å². The van der Waals surface area contributed by atoms with Crippen molar-refractivity contribution in [2.45, 2.75) is 37.6 Å². The fraction of sp³-hybridized carbons (Fsp3) is 0.353. The zero-order valence-electron chi connectivity index (χ0n) is 13.8. The molecule has 6 heteroatoms. The summed E-state index contributed by atoms with van der Waals surface area (Å²) in [6, 6.07) is 10.6. The summed E-state index contributed by atoms with van der Waals surface area (Å²) in [4.78, 5) is 4.26. The summed E-state index contributed by atoms with van der Waals surface area (Å²) in [5.74, 6) is 0.325. The summed E-state index contributed by atoms with van der Waals surface area (Å²) in [7, 11) is -2.24. The van der Waals surface area contributed by atoms with Gasteiger partial charge in [-0.15, -0.1) is 0 Å². The maximum atomic E-state index is 12.6. The highest BCUT2D eigenvalue weighted by molar-refractivity contribution is 7.89. The fourth-order valence-electron chi connectivity index (χ4n) is 2.10. The van der Waals surface area contributed by atoms with E-state index in [2.05, 4.69) is 9.71 Å². The second-order valence-electron chi connectivity index (χ2n) is 6.26. The van der Waals surface area contributed by atoms with Gasteiger partial charge in [0.1, 0.15) is 10.6 Å². The Bertz CT molecular complexity index is 766. The van der Waals surface area contributed by atoms with E-state index >= 15 is 0 Å². The van der Waals surface area contributed by atoms with E-state index in [0.717, 1.165) is 5.56 Å². The van der Waals surface area contributed by atoms with E-state index < -0.39 is 10.0 Å². The predicted molar refractivity (Wildman–Crippen MR) is 90.0 cm³/mol. The molecule has 0 saturated heterocycles. The SMILES string of the molecule is COc1ccc(C(C)(C)C)cc1S(=O)(=O)NCc1ccccn1. The lowest BCUT2D eigenvalue weighted by molar-refractivity contribution is 0.401. The third-order valence-electron chi connectivity index (χ3n) is 3.49. The van der Waals surface area contributed by atoms with Crippen molar-refractivity contribution in [3.63, 3.8) is 0 Å². The monoisotopic (exact) mass is 334 g/mol. The second-order valence-corrected chi connectivity index (χ2v) is 8.00. The van der Waals surface area contributed by atoms with Crippen LogP contribution in [0.2, 0.25) is 0 Å². The summed E-state index contributed by atoms with van der Waals surface area (Å²) in [5, 5.41) is 0. The molecule has 0 unspecified atom stereocenters. The van der Waals surface area contributed by atoms with Gasteiger partial charge >= 0.3 is 0 Å². The number of pyridine rings is 1. The maximum absolute atomic E-state index is 12.6. The van der Waals surface area contributed by atoms with Gasteiger partial charge in [0.2, 0.25) is 10.0 Å². The van der Waals surface area contributed by atoms with Gasteiger partial charge in [-0.2, -0.15) is 0 Å². The zero-order valence-corrected chi connectivity index (χ0v) is 14.6. The van der Waals surface area contributed by atoms with Gasteiger partial charge in [-0.05, 0) is 35.2 Å². The molecule has 0 aliphatic carbocycles. The Morgan fingerprint density at radius 3 is 2.48 bits per heavy atom.